The van der Waals surface area contributed by atoms with E-state index in [1.165, 1.54) is 10.5 Å². The molecule has 0 spiro atoms. The molecule has 7 heteroatoms. The fraction of sp³-hybridized carbons (Fsp3) is 0.143. The number of hydrogen-bond acceptors (Lipinski definition) is 5. The summed E-state index contributed by atoms with van der Waals surface area (Å²) >= 11 is 7.67. The van der Waals surface area contributed by atoms with Crippen LogP contribution in [0, 0.1) is 0 Å². The first-order chi connectivity index (χ1) is 13.6. The Kier molecular flexibility index (Phi) is 4.18. The van der Waals surface area contributed by atoms with Crippen LogP contribution in [0.3, 0.4) is 0 Å². The number of pyridine rings is 1. The fourth-order valence-electron chi connectivity index (χ4n) is 3.56. The first kappa shape index (κ1) is 17.4. The number of fused-ring (bicyclic) bond motifs is 2. The number of thioether (sulfide) groups is 1. The standard InChI is InChI=1S/C21H18ClN5S/c1-26-9-3-4-16-20(28-18-8-6-15(22)11-23-18)19(24-21(16)26)13-5-7-17-14(10-13)12-27(2)25-17/h3-12,21,24H,1-2H3. The lowest BCUT2D eigenvalue weighted by Crippen LogP contribution is -2.38. The lowest BCUT2D eigenvalue weighted by atomic mass is 10.1. The Hall–Kier alpha value is -2.70. The van der Waals surface area contributed by atoms with Crippen LogP contribution in [0.5, 0.6) is 0 Å². The summed E-state index contributed by atoms with van der Waals surface area (Å²) < 4.78 is 1.85. The molecule has 5 nitrogen and oxygen atoms in total. The van der Waals surface area contributed by atoms with Gasteiger partial charge in [-0.3, -0.25) is 4.68 Å². The molecular weight excluding hydrogens is 390 g/mol. The van der Waals surface area contributed by atoms with Crippen molar-refractivity contribution >= 4 is 40.0 Å². The van der Waals surface area contributed by atoms with Crippen molar-refractivity contribution in [2.75, 3.05) is 7.05 Å². The lowest BCUT2D eigenvalue weighted by Gasteiger charge is -2.28. The molecule has 0 aliphatic carbocycles. The highest BCUT2D eigenvalue weighted by Gasteiger charge is 2.33. The second kappa shape index (κ2) is 6.72. The summed E-state index contributed by atoms with van der Waals surface area (Å²) in [6.45, 7) is 0. The third kappa shape index (κ3) is 2.99. The minimum Gasteiger partial charge on any atom is -0.360 e. The summed E-state index contributed by atoms with van der Waals surface area (Å²) in [5, 5.41) is 10.9. The van der Waals surface area contributed by atoms with E-state index in [1.54, 1.807) is 18.0 Å². The summed E-state index contributed by atoms with van der Waals surface area (Å²) in [6, 6.07) is 10.2. The van der Waals surface area contributed by atoms with Crippen molar-refractivity contribution in [3.63, 3.8) is 0 Å². The molecule has 2 aromatic heterocycles. The van der Waals surface area contributed by atoms with Gasteiger partial charge in [0.25, 0.3) is 0 Å². The molecule has 2 aliphatic rings. The van der Waals surface area contributed by atoms with Gasteiger partial charge in [-0.2, -0.15) is 5.10 Å². The number of aryl methyl sites for hydroxylation is 1. The molecular formula is C21H18ClN5S. The Bertz CT molecular complexity index is 1160. The average Bonchev–Trinajstić information content (AvgIpc) is 3.23. The Morgan fingerprint density at radius 1 is 1.18 bits per heavy atom. The van der Waals surface area contributed by atoms with Crippen LogP contribution in [-0.2, 0) is 7.05 Å². The van der Waals surface area contributed by atoms with E-state index < -0.39 is 0 Å². The van der Waals surface area contributed by atoms with Crippen LogP contribution in [0.2, 0.25) is 5.02 Å². The quantitative estimate of drug-likeness (QED) is 0.697. The topological polar surface area (TPSA) is 46.0 Å². The highest BCUT2D eigenvalue weighted by atomic mass is 35.5. The summed E-state index contributed by atoms with van der Waals surface area (Å²) in [4.78, 5) is 7.84. The van der Waals surface area contributed by atoms with Gasteiger partial charge in [0.1, 0.15) is 11.2 Å². The van der Waals surface area contributed by atoms with E-state index in [1.807, 2.05) is 30.1 Å². The SMILES string of the molecule is CN1C=CC=C2C(Sc3ccc(Cl)cn3)=C(c3ccc4nn(C)cc4c3)NC21. The molecule has 4 heterocycles. The maximum Gasteiger partial charge on any atom is 0.126 e. The Morgan fingerprint density at radius 3 is 2.89 bits per heavy atom. The van der Waals surface area contributed by atoms with Crippen molar-refractivity contribution in [3.05, 3.63) is 82.1 Å². The number of likely N-dealkylation sites (N-methyl/N-ethyl adjacent to an activating group) is 1. The molecule has 28 heavy (non-hydrogen) atoms. The Morgan fingerprint density at radius 2 is 2.07 bits per heavy atom. The number of halogens is 1. The molecule has 1 N–H and O–H groups in total. The molecule has 2 aliphatic heterocycles. The summed E-state index contributed by atoms with van der Waals surface area (Å²) in [5.41, 5.74) is 4.49. The van der Waals surface area contributed by atoms with Crippen LogP contribution in [-0.4, -0.2) is 32.9 Å². The molecule has 0 fully saturated rings. The van der Waals surface area contributed by atoms with Crippen molar-refractivity contribution in [1.82, 2.24) is 25.0 Å². The smallest absolute Gasteiger partial charge is 0.126 e. The molecule has 0 saturated heterocycles. The van der Waals surface area contributed by atoms with E-state index >= 15 is 0 Å². The summed E-state index contributed by atoms with van der Waals surface area (Å²) in [5.74, 6) is 0. The van der Waals surface area contributed by atoms with Crippen LogP contribution in [0.25, 0.3) is 16.6 Å². The maximum absolute atomic E-state index is 6.01. The van der Waals surface area contributed by atoms with Gasteiger partial charge in [-0.25, -0.2) is 4.98 Å². The fourth-order valence-corrected chi connectivity index (χ4v) is 4.70. The van der Waals surface area contributed by atoms with Crippen LogP contribution in [0.1, 0.15) is 5.56 Å². The van der Waals surface area contributed by atoms with Gasteiger partial charge in [0.15, 0.2) is 0 Å². The van der Waals surface area contributed by atoms with Crippen LogP contribution in [0.15, 0.2) is 76.6 Å². The van der Waals surface area contributed by atoms with Gasteiger partial charge in [0, 0.05) is 48.6 Å². The number of allylic oxidation sites excluding steroid dienone is 2. The summed E-state index contributed by atoms with van der Waals surface area (Å²) in [6.07, 6.45) is 10.2. The van der Waals surface area contributed by atoms with E-state index in [2.05, 4.69) is 63.9 Å². The summed E-state index contributed by atoms with van der Waals surface area (Å²) in [7, 11) is 4.03. The normalized spacial score (nSPS) is 18.5. The third-order valence-electron chi connectivity index (χ3n) is 4.88. The number of benzene rings is 1. The largest absolute Gasteiger partial charge is 0.360 e. The van der Waals surface area contributed by atoms with Gasteiger partial charge in [-0.15, -0.1) is 0 Å². The molecule has 0 bridgehead atoms. The van der Waals surface area contributed by atoms with Gasteiger partial charge in [-0.05, 0) is 35.9 Å². The first-order valence-electron chi connectivity index (χ1n) is 8.93. The van der Waals surface area contributed by atoms with Gasteiger partial charge < -0.3 is 10.2 Å². The molecule has 1 aromatic carbocycles. The molecule has 0 amide bonds. The number of aromatic nitrogens is 3. The van der Waals surface area contributed by atoms with E-state index in [0.717, 1.165) is 27.2 Å². The van der Waals surface area contributed by atoms with Crippen LogP contribution in [0.4, 0.5) is 0 Å². The maximum atomic E-state index is 6.01. The Labute approximate surface area is 172 Å². The van der Waals surface area contributed by atoms with E-state index in [9.17, 15) is 0 Å². The van der Waals surface area contributed by atoms with Crippen molar-refractivity contribution in [1.29, 1.82) is 0 Å². The monoisotopic (exact) mass is 407 g/mol. The Balaban J connectivity index is 1.62. The van der Waals surface area contributed by atoms with Crippen molar-refractivity contribution < 1.29 is 0 Å². The lowest BCUT2D eigenvalue weighted by molar-refractivity contribution is 0.353. The average molecular weight is 408 g/mol. The molecule has 5 rings (SSSR count). The van der Waals surface area contributed by atoms with Crippen LogP contribution >= 0.6 is 23.4 Å². The van der Waals surface area contributed by atoms with E-state index in [4.69, 9.17) is 11.6 Å². The zero-order valence-corrected chi connectivity index (χ0v) is 17.0. The minimum atomic E-state index is 0.111. The first-order valence-corrected chi connectivity index (χ1v) is 10.1. The number of nitrogens with one attached hydrogen (secondary N) is 1. The molecule has 0 radical (unpaired) electrons. The zero-order chi connectivity index (χ0) is 19.3. The second-order valence-corrected chi connectivity index (χ2v) is 8.34. The molecule has 140 valence electrons. The van der Waals surface area contributed by atoms with Gasteiger partial charge >= 0.3 is 0 Å². The minimum absolute atomic E-state index is 0.111. The molecule has 0 saturated carbocycles. The number of rotatable bonds is 3. The highest BCUT2D eigenvalue weighted by molar-refractivity contribution is 8.03. The van der Waals surface area contributed by atoms with Gasteiger partial charge in [0.2, 0.25) is 0 Å². The predicted octanol–water partition coefficient (Wildman–Crippen LogP) is 4.40. The van der Waals surface area contributed by atoms with Gasteiger partial charge in [-0.1, -0.05) is 35.5 Å². The second-order valence-electron chi connectivity index (χ2n) is 6.87. The molecule has 3 aromatic rings. The van der Waals surface area contributed by atoms with Gasteiger partial charge in [0.05, 0.1) is 16.2 Å². The van der Waals surface area contributed by atoms with Crippen molar-refractivity contribution in [3.8, 4) is 0 Å². The van der Waals surface area contributed by atoms with Crippen LogP contribution < -0.4 is 5.32 Å². The molecule has 1 unspecified atom stereocenters. The zero-order valence-electron chi connectivity index (χ0n) is 15.4. The van der Waals surface area contributed by atoms with E-state index in [-0.39, 0.29) is 6.17 Å². The number of hydrogen-bond donors (Lipinski definition) is 1. The highest BCUT2D eigenvalue weighted by Crippen LogP contribution is 2.43. The van der Waals surface area contributed by atoms with Crippen molar-refractivity contribution in [2.45, 2.75) is 11.2 Å². The molecule has 1 atom stereocenters. The predicted molar refractivity (Wildman–Crippen MR) is 115 cm³/mol. The van der Waals surface area contributed by atoms with Crippen molar-refractivity contribution in [2.24, 2.45) is 7.05 Å². The third-order valence-corrected chi connectivity index (χ3v) is 6.20. The number of nitrogens with zero attached hydrogens (tertiary/aromatic N) is 4. The van der Waals surface area contributed by atoms with E-state index in [0.29, 0.717) is 5.02 Å².